The number of fused-ring (bicyclic) bond motifs is 1. The minimum Gasteiger partial charge on any atom is -0.489 e. The van der Waals surface area contributed by atoms with Crippen LogP contribution in [0.2, 0.25) is 0 Å². The number of ether oxygens (including phenoxy) is 1. The molecule has 2 fully saturated rings. The molecule has 1 saturated carbocycles. The fraction of sp³-hybridized carbons (Fsp3) is 0.594. The third-order valence-electron chi connectivity index (χ3n) is 9.01. The molecule has 13 nitrogen and oxygen atoms in total. The minimum absolute atomic E-state index is 0.00998. The predicted octanol–water partition coefficient (Wildman–Crippen LogP) is 4.68. The number of piperidine rings is 1. The van der Waals surface area contributed by atoms with Crippen molar-refractivity contribution in [3.63, 3.8) is 0 Å². The van der Waals surface area contributed by atoms with Crippen LogP contribution in [0.1, 0.15) is 85.3 Å². The van der Waals surface area contributed by atoms with Gasteiger partial charge in [-0.1, -0.05) is 20.8 Å². The number of aliphatic hydroxyl groups is 1. The van der Waals surface area contributed by atoms with Crippen molar-refractivity contribution in [3.05, 3.63) is 42.5 Å². The van der Waals surface area contributed by atoms with Crippen LogP contribution in [0.4, 0.5) is 16.6 Å². The molecule has 2 atom stereocenters. The van der Waals surface area contributed by atoms with Crippen LogP contribution in [-0.4, -0.2) is 76.1 Å². The van der Waals surface area contributed by atoms with Gasteiger partial charge in [-0.25, -0.2) is 9.48 Å². The first kappa shape index (κ1) is 30.9. The number of aliphatic hydroxyl groups excluding tert-OH is 1. The van der Waals surface area contributed by atoms with E-state index in [9.17, 15) is 9.90 Å². The highest BCUT2D eigenvalue weighted by molar-refractivity contribution is 5.89. The SMILES string of the molecule is C[C@@H]1CCC[C@H](C)N1c1nnc2ccc(O[C@H]3CC[C@H](NC(=O)Nc4cc(C(C)(C)C)nn4-c4cnn(CCO)c4)CC3)cn12. The normalized spacial score (nSPS) is 22.5. The lowest BCUT2D eigenvalue weighted by molar-refractivity contribution is 0.140. The molecule has 0 aromatic carbocycles. The van der Waals surface area contributed by atoms with Gasteiger partial charge in [-0.3, -0.25) is 14.4 Å². The fourth-order valence-corrected chi connectivity index (χ4v) is 6.50. The zero-order chi connectivity index (χ0) is 31.7. The molecule has 2 aliphatic rings. The first-order valence-corrected chi connectivity index (χ1v) is 16.2. The van der Waals surface area contributed by atoms with Crippen LogP contribution in [0.25, 0.3) is 11.3 Å². The summed E-state index contributed by atoms with van der Waals surface area (Å²) in [7, 11) is 0. The summed E-state index contributed by atoms with van der Waals surface area (Å²) in [5.74, 6) is 2.25. The number of nitrogens with one attached hydrogen (secondary N) is 2. The molecule has 5 heterocycles. The molecule has 1 aliphatic carbocycles. The Morgan fingerprint density at radius 3 is 2.51 bits per heavy atom. The Morgan fingerprint density at radius 1 is 1.04 bits per heavy atom. The van der Waals surface area contributed by atoms with E-state index in [2.05, 4.69) is 69.8 Å². The van der Waals surface area contributed by atoms with Crippen LogP contribution in [0.3, 0.4) is 0 Å². The molecular formula is C32H46N10O3. The van der Waals surface area contributed by atoms with Gasteiger partial charge in [0.1, 0.15) is 17.3 Å². The van der Waals surface area contributed by atoms with E-state index in [0.717, 1.165) is 61.6 Å². The molecule has 2 amide bonds. The van der Waals surface area contributed by atoms with Crippen molar-refractivity contribution in [2.24, 2.45) is 0 Å². The molecule has 0 radical (unpaired) electrons. The monoisotopic (exact) mass is 618 g/mol. The lowest BCUT2D eigenvalue weighted by atomic mass is 9.92. The van der Waals surface area contributed by atoms with Gasteiger partial charge in [0.05, 0.1) is 43.5 Å². The van der Waals surface area contributed by atoms with Crippen LogP contribution in [0.5, 0.6) is 5.75 Å². The number of rotatable bonds is 8. The molecule has 0 unspecified atom stereocenters. The average molecular weight is 619 g/mol. The standard InChI is InChI=1S/C32H46N10O3/c1-21-7-6-8-22(2)41(21)31-37-36-28-14-13-26(20-40(28)31)45-25-11-9-23(10-12-25)34-30(44)35-29-17-27(32(3,4)5)38-42(29)24-18-33-39(19-24)15-16-43/h13-14,17-23,25,43H,6-12,15-16H2,1-5H3,(H2,34,35,44)/t21-,22+,23-,25-. The molecule has 6 rings (SSSR count). The molecule has 242 valence electrons. The highest BCUT2D eigenvalue weighted by Crippen LogP contribution is 2.31. The Labute approximate surface area is 264 Å². The summed E-state index contributed by atoms with van der Waals surface area (Å²) in [5.41, 5.74) is 2.17. The fourth-order valence-electron chi connectivity index (χ4n) is 6.50. The summed E-state index contributed by atoms with van der Waals surface area (Å²) in [6.07, 6.45) is 12.4. The van der Waals surface area contributed by atoms with Crippen molar-refractivity contribution >= 4 is 23.4 Å². The van der Waals surface area contributed by atoms with Crippen molar-refractivity contribution in [1.29, 1.82) is 0 Å². The van der Waals surface area contributed by atoms with E-state index in [4.69, 9.17) is 9.84 Å². The van der Waals surface area contributed by atoms with Gasteiger partial charge in [-0.05, 0) is 70.9 Å². The van der Waals surface area contributed by atoms with Crippen LogP contribution in [0, 0.1) is 0 Å². The molecular weight excluding hydrogens is 572 g/mol. The lowest BCUT2D eigenvalue weighted by Crippen LogP contribution is -2.44. The topological polar surface area (TPSA) is 140 Å². The van der Waals surface area contributed by atoms with Gasteiger partial charge in [0.2, 0.25) is 5.95 Å². The van der Waals surface area contributed by atoms with Gasteiger partial charge in [0.25, 0.3) is 0 Å². The van der Waals surface area contributed by atoms with Crippen LogP contribution >= 0.6 is 0 Å². The van der Waals surface area contributed by atoms with Crippen molar-refractivity contribution in [2.75, 3.05) is 16.8 Å². The van der Waals surface area contributed by atoms with E-state index < -0.39 is 0 Å². The second-order valence-corrected chi connectivity index (χ2v) is 13.6. The summed E-state index contributed by atoms with van der Waals surface area (Å²) >= 11 is 0. The summed E-state index contributed by atoms with van der Waals surface area (Å²) in [6, 6.07) is 6.45. The first-order chi connectivity index (χ1) is 21.6. The largest absolute Gasteiger partial charge is 0.489 e. The minimum atomic E-state index is -0.268. The first-order valence-electron chi connectivity index (χ1n) is 16.2. The number of anilines is 2. The maximum Gasteiger partial charge on any atom is 0.320 e. The number of carbonyl (C=O) groups excluding carboxylic acids is 1. The Kier molecular flexibility index (Phi) is 8.71. The molecule has 0 spiro atoms. The van der Waals surface area contributed by atoms with Gasteiger partial charge >= 0.3 is 6.03 Å². The van der Waals surface area contributed by atoms with Crippen LogP contribution in [0.15, 0.2) is 36.8 Å². The zero-order valence-corrected chi connectivity index (χ0v) is 27.0. The second-order valence-electron chi connectivity index (χ2n) is 13.6. The average Bonchev–Trinajstić information content (AvgIpc) is 3.73. The van der Waals surface area contributed by atoms with E-state index in [-0.39, 0.29) is 30.2 Å². The number of nitrogens with zero attached hydrogens (tertiary/aromatic N) is 8. The third-order valence-corrected chi connectivity index (χ3v) is 9.01. The number of pyridine rings is 1. The second kappa shape index (κ2) is 12.7. The highest BCUT2D eigenvalue weighted by Gasteiger charge is 2.29. The summed E-state index contributed by atoms with van der Waals surface area (Å²) < 4.78 is 11.8. The van der Waals surface area contributed by atoms with Crippen molar-refractivity contribution < 1.29 is 14.6 Å². The lowest BCUT2D eigenvalue weighted by Gasteiger charge is -2.39. The smallest absolute Gasteiger partial charge is 0.320 e. The predicted molar refractivity (Wildman–Crippen MR) is 172 cm³/mol. The Balaban J connectivity index is 1.06. The molecule has 3 N–H and O–H groups in total. The van der Waals surface area contributed by atoms with E-state index in [0.29, 0.717) is 30.1 Å². The van der Waals surface area contributed by atoms with Crippen LogP contribution < -0.4 is 20.3 Å². The van der Waals surface area contributed by atoms with Gasteiger partial charge in [0, 0.05) is 29.6 Å². The molecule has 4 aromatic heterocycles. The van der Waals surface area contributed by atoms with E-state index in [1.165, 1.54) is 6.42 Å². The Bertz CT molecular complexity index is 1600. The van der Waals surface area contributed by atoms with E-state index in [1.807, 2.05) is 24.4 Å². The Morgan fingerprint density at radius 2 is 1.80 bits per heavy atom. The molecule has 0 bridgehead atoms. The van der Waals surface area contributed by atoms with E-state index in [1.54, 1.807) is 21.8 Å². The molecule has 13 heteroatoms. The number of carbonyl (C=O) groups is 1. The van der Waals surface area contributed by atoms with Gasteiger partial charge < -0.3 is 20.1 Å². The van der Waals surface area contributed by atoms with Gasteiger partial charge in [-0.15, -0.1) is 10.2 Å². The zero-order valence-electron chi connectivity index (χ0n) is 27.0. The summed E-state index contributed by atoms with van der Waals surface area (Å²) in [4.78, 5) is 15.5. The van der Waals surface area contributed by atoms with Gasteiger partial charge in [-0.2, -0.15) is 10.2 Å². The Hall–Kier alpha value is -4.13. The molecule has 1 aliphatic heterocycles. The maximum atomic E-state index is 13.1. The maximum absolute atomic E-state index is 13.1. The number of hydrogen-bond donors (Lipinski definition) is 3. The molecule has 1 saturated heterocycles. The van der Waals surface area contributed by atoms with Crippen molar-refractivity contribution in [2.45, 2.75) is 116 Å². The molecule has 4 aromatic rings. The summed E-state index contributed by atoms with van der Waals surface area (Å²) in [6.45, 7) is 11.1. The van der Waals surface area contributed by atoms with Gasteiger partial charge in [0.15, 0.2) is 5.65 Å². The quantitative estimate of drug-likeness (QED) is 0.259. The summed E-state index contributed by atoms with van der Waals surface area (Å²) in [5, 5.41) is 33.4. The van der Waals surface area contributed by atoms with E-state index >= 15 is 0 Å². The number of amides is 2. The number of hydrogen-bond acceptors (Lipinski definition) is 8. The molecule has 45 heavy (non-hydrogen) atoms. The number of aromatic nitrogens is 7. The highest BCUT2D eigenvalue weighted by atomic mass is 16.5. The third kappa shape index (κ3) is 6.77. The van der Waals surface area contributed by atoms with Crippen molar-refractivity contribution in [1.82, 2.24) is 39.5 Å². The van der Waals surface area contributed by atoms with Crippen LogP contribution in [-0.2, 0) is 12.0 Å². The number of urea groups is 1. The van der Waals surface area contributed by atoms with Crippen molar-refractivity contribution in [3.8, 4) is 11.4 Å².